The summed E-state index contributed by atoms with van der Waals surface area (Å²) in [6, 6.07) is 21.5. The molecule has 0 amide bonds. The number of likely N-dealkylation sites (tertiary alicyclic amines) is 1. The first-order valence-corrected chi connectivity index (χ1v) is 9.21. The summed E-state index contributed by atoms with van der Waals surface area (Å²) < 4.78 is 0. The van der Waals surface area contributed by atoms with Crippen LogP contribution in [0, 0.1) is 0 Å². The van der Waals surface area contributed by atoms with Crippen molar-refractivity contribution in [2.45, 2.75) is 31.7 Å². The number of hydrogen-bond donors (Lipinski definition) is 1. The zero-order chi connectivity index (χ0) is 16.9. The molecule has 3 aromatic rings. The summed E-state index contributed by atoms with van der Waals surface area (Å²) in [6.45, 7) is 3.34. The van der Waals surface area contributed by atoms with Crippen LogP contribution >= 0.6 is 0 Å². The fourth-order valence-corrected chi connectivity index (χ4v) is 3.91. The summed E-state index contributed by atoms with van der Waals surface area (Å²) in [5.74, 6) is 0.554. The van der Waals surface area contributed by atoms with Gasteiger partial charge in [0.05, 0.1) is 6.20 Å². The molecule has 0 bridgehead atoms. The van der Waals surface area contributed by atoms with Crippen LogP contribution in [0.15, 0.2) is 66.9 Å². The Morgan fingerprint density at radius 3 is 2.44 bits per heavy atom. The van der Waals surface area contributed by atoms with Crippen LogP contribution in [0.1, 0.15) is 41.1 Å². The lowest BCUT2D eigenvalue weighted by molar-refractivity contribution is 0.198. The quantitative estimate of drug-likeness (QED) is 0.752. The molecule has 128 valence electrons. The number of benzene rings is 2. The van der Waals surface area contributed by atoms with Gasteiger partial charge in [0.25, 0.3) is 0 Å². The average Bonchev–Trinajstić information content (AvgIpc) is 3.12. The van der Waals surface area contributed by atoms with Crippen molar-refractivity contribution in [3.8, 4) is 0 Å². The molecule has 2 aromatic carbocycles. The van der Waals surface area contributed by atoms with E-state index in [9.17, 15) is 0 Å². The first-order valence-electron chi connectivity index (χ1n) is 9.21. The van der Waals surface area contributed by atoms with Crippen LogP contribution in [0.2, 0.25) is 0 Å². The Morgan fingerprint density at radius 2 is 1.68 bits per heavy atom. The van der Waals surface area contributed by atoms with Crippen molar-refractivity contribution in [1.29, 1.82) is 0 Å². The van der Waals surface area contributed by atoms with E-state index in [0.29, 0.717) is 5.92 Å². The molecule has 4 rings (SSSR count). The molecule has 3 heteroatoms. The monoisotopic (exact) mass is 331 g/mol. The molecule has 0 spiro atoms. The third-order valence-corrected chi connectivity index (χ3v) is 5.15. The molecule has 1 aromatic heterocycles. The number of H-pyrrole nitrogens is 1. The summed E-state index contributed by atoms with van der Waals surface area (Å²) >= 11 is 0. The van der Waals surface area contributed by atoms with Crippen molar-refractivity contribution < 1.29 is 0 Å². The molecule has 1 atom stereocenters. The lowest BCUT2D eigenvalue weighted by Crippen LogP contribution is -2.34. The highest BCUT2D eigenvalue weighted by Crippen LogP contribution is 2.29. The summed E-state index contributed by atoms with van der Waals surface area (Å²) in [5.41, 5.74) is 5.43. The van der Waals surface area contributed by atoms with E-state index in [-0.39, 0.29) is 0 Å². The molecule has 1 aliphatic rings. The molecule has 0 aliphatic carbocycles. The molecule has 1 saturated heterocycles. The Morgan fingerprint density at radius 1 is 0.960 bits per heavy atom. The minimum Gasteiger partial charge on any atom is -0.298 e. The van der Waals surface area contributed by atoms with Crippen LogP contribution in [0.4, 0.5) is 0 Å². The Hall–Kier alpha value is -2.39. The molecule has 3 nitrogen and oxygen atoms in total. The Kier molecular flexibility index (Phi) is 4.93. The van der Waals surface area contributed by atoms with Crippen LogP contribution in [0.3, 0.4) is 0 Å². The molecule has 0 radical (unpaired) electrons. The van der Waals surface area contributed by atoms with E-state index in [0.717, 1.165) is 19.5 Å². The lowest BCUT2D eigenvalue weighted by atomic mass is 9.90. The average molecular weight is 331 g/mol. The summed E-state index contributed by atoms with van der Waals surface area (Å²) in [7, 11) is 0. The van der Waals surface area contributed by atoms with Crippen molar-refractivity contribution in [2.75, 3.05) is 13.1 Å². The van der Waals surface area contributed by atoms with Crippen LogP contribution in [-0.2, 0) is 13.0 Å². The number of nitrogens with zero attached hydrogens (tertiary/aromatic N) is 2. The van der Waals surface area contributed by atoms with E-state index < -0.39 is 0 Å². The van der Waals surface area contributed by atoms with Gasteiger partial charge in [-0.15, -0.1) is 0 Å². The van der Waals surface area contributed by atoms with Gasteiger partial charge in [0.2, 0.25) is 0 Å². The summed E-state index contributed by atoms with van der Waals surface area (Å²) in [4.78, 5) is 2.58. The van der Waals surface area contributed by atoms with Gasteiger partial charge in [0.15, 0.2) is 0 Å². The fourth-order valence-electron chi connectivity index (χ4n) is 3.91. The predicted octanol–water partition coefficient (Wildman–Crippen LogP) is 4.38. The Balaban J connectivity index is 1.46. The number of aromatic nitrogens is 2. The molecule has 1 N–H and O–H groups in total. The highest BCUT2D eigenvalue weighted by atomic mass is 15.1. The Bertz CT molecular complexity index is 779. The number of nitrogens with one attached hydrogen (secondary N) is 1. The molecule has 2 heterocycles. The van der Waals surface area contributed by atoms with E-state index >= 15 is 0 Å². The van der Waals surface area contributed by atoms with Crippen LogP contribution < -0.4 is 0 Å². The van der Waals surface area contributed by atoms with Crippen molar-refractivity contribution in [2.24, 2.45) is 0 Å². The molecule has 1 unspecified atom stereocenters. The largest absolute Gasteiger partial charge is 0.298 e. The minimum atomic E-state index is 0.554. The van der Waals surface area contributed by atoms with Gasteiger partial charge >= 0.3 is 0 Å². The van der Waals surface area contributed by atoms with Crippen LogP contribution in [0.5, 0.6) is 0 Å². The van der Waals surface area contributed by atoms with Gasteiger partial charge in [0, 0.05) is 31.1 Å². The second kappa shape index (κ2) is 7.66. The summed E-state index contributed by atoms with van der Waals surface area (Å²) in [5, 5.41) is 7.66. The standard InChI is InChI=1S/C22H25N3/c1-3-8-18(9-4-1)14-21-15-23-24-22(21)20-12-7-13-25(17-20)16-19-10-5-2-6-11-19/h1-6,8-11,15,20H,7,12-14,16-17H2,(H,23,24). The first kappa shape index (κ1) is 16.1. The number of rotatable bonds is 5. The predicted molar refractivity (Wildman–Crippen MR) is 102 cm³/mol. The van der Waals surface area contributed by atoms with Crippen LogP contribution in [0.25, 0.3) is 0 Å². The molecule has 25 heavy (non-hydrogen) atoms. The van der Waals surface area contributed by atoms with Gasteiger partial charge in [0.1, 0.15) is 0 Å². The maximum absolute atomic E-state index is 4.36. The van der Waals surface area contributed by atoms with Gasteiger partial charge < -0.3 is 0 Å². The topological polar surface area (TPSA) is 31.9 Å². The minimum absolute atomic E-state index is 0.554. The SMILES string of the molecule is c1ccc(Cc2cn[nH]c2C2CCCN(Cc3ccccc3)C2)cc1. The van der Waals surface area contributed by atoms with Crippen LogP contribution in [-0.4, -0.2) is 28.2 Å². The van der Waals surface area contributed by atoms with Crippen molar-refractivity contribution >= 4 is 0 Å². The summed E-state index contributed by atoms with van der Waals surface area (Å²) in [6.07, 6.45) is 5.47. The Labute approximate surface area is 149 Å². The van der Waals surface area contributed by atoms with Crippen molar-refractivity contribution in [3.05, 3.63) is 89.2 Å². The highest BCUT2D eigenvalue weighted by Gasteiger charge is 2.24. The van der Waals surface area contributed by atoms with Gasteiger partial charge in [-0.2, -0.15) is 5.10 Å². The third-order valence-electron chi connectivity index (χ3n) is 5.15. The van der Waals surface area contributed by atoms with E-state index in [2.05, 4.69) is 75.8 Å². The normalized spacial score (nSPS) is 18.3. The maximum Gasteiger partial charge on any atom is 0.0525 e. The van der Waals surface area contributed by atoms with Crippen molar-refractivity contribution in [3.63, 3.8) is 0 Å². The third kappa shape index (κ3) is 3.99. The van der Waals surface area contributed by atoms with Gasteiger partial charge in [-0.05, 0) is 36.1 Å². The van der Waals surface area contributed by atoms with E-state index in [4.69, 9.17) is 0 Å². The van der Waals surface area contributed by atoms with E-state index in [1.54, 1.807) is 0 Å². The van der Waals surface area contributed by atoms with Crippen molar-refractivity contribution in [1.82, 2.24) is 15.1 Å². The zero-order valence-electron chi connectivity index (χ0n) is 14.6. The van der Waals surface area contributed by atoms with Gasteiger partial charge in [-0.3, -0.25) is 10.00 Å². The molecule has 0 saturated carbocycles. The number of aromatic amines is 1. The highest BCUT2D eigenvalue weighted by molar-refractivity contribution is 5.29. The molecule has 1 aliphatic heterocycles. The lowest BCUT2D eigenvalue weighted by Gasteiger charge is -2.32. The molecular weight excluding hydrogens is 306 g/mol. The fraction of sp³-hybridized carbons (Fsp3) is 0.318. The number of piperidine rings is 1. The van der Waals surface area contributed by atoms with Gasteiger partial charge in [-0.1, -0.05) is 60.7 Å². The first-order chi connectivity index (χ1) is 12.4. The van der Waals surface area contributed by atoms with E-state index in [1.807, 2.05) is 6.20 Å². The second-order valence-corrected chi connectivity index (χ2v) is 7.03. The van der Waals surface area contributed by atoms with E-state index in [1.165, 1.54) is 41.8 Å². The zero-order valence-corrected chi connectivity index (χ0v) is 14.6. The smallest absolute Gasteiger partial charge is 0.0525 e. The number of hydrogen-bond acceptors (Lipinski definition) is 2. The second-order valence-electron chi connectivity index (χ2n) is 7.03. The molecule has 1 fully saturated rings. The molecular formula is C22H25N3. The maximum atomic E-state index is 4.36. The van der Waals surface area contributed by atoms with Gasteiger partial charge in [-0.25, -0.2) is 0 Å².